The van der Waals surface area contributed by atoms with Crippen molar-refractivity contribution < 1.29 is 18.0 Å². The van der Waals surface area contributed by atoms with E-state index < -0.39 is 17.3 Å². The number of nitrogens with two attached hydrogens (primary N) is 1. The highest BCUT2D eigenvalue weighted by Gasteiger charge is 2.31. The van der Waals surface area contributed by atoms with E-state index >= 15 is 0 Å². The third-order valence-electron chi connectivity index (χ3n) is 4.32. The second kappa shape index (κ2) is 6.91. The van der Waals surface area contributed by atoms with Gasteiger partial charge < -0.3 is 11.1 Å². The van der Waals surface area contributed by atoms with Crippen molar-refractivity contribution in [3.63, 3.8) is 0 Å². The zero-order chi connectivity index (χ0) is 17.1. The topological polar surface area (TPSA) is 55.1 Å². The summed E-state index contributed by atoms with van der Waals surface area (Å²) in [6.07, 6.45) is 0.683. The van der Waals surface area contributed by atoms with Crippen LogP contribution in [0.25, 0.3) is 0 Å². The minimum atomic E-state index is -4.38. The predicted octanol–water partition coefficient (Wildman–Crippen LogP) is 3.68. The minimum absolute atomic E-state index is 0.0830. The van der Waals surface area contributed by atoms with Crippen molar-refractivity contribution in [2.24, 2.45) is 5.73 Å². The fourth-order valence-corrected chi connectivity index (χ4v) is 3.14. The van der Waals surface area contributed by atoms with E-state index in [0.717, 1.165) is 44.2 Å². The predicted molar refractivity (Wildman–Crippen MR) is 82.6 cm³/mol. The van der Waals surface area contributed by atoms with Gasteiger partial charge in [0.15, 0.2) is 0 Å². The van der Waals surface area contributed by atoms with Crippen LogP contribution in [0.15, 0.2) is 18.2 Å². The molecular weight excluding hydrogens is 305 g/mol. The third-order valence-corrected chi connectivity index (χ3v) is 4.32. The molecule has 0 bridgehead atoms. The molecule has 0 spiro atoms. The maximum absolute atomic E-state index is 12.8. The maximum Gasteiger partial charge on any atom is 0.416 e. The molecule has 2 rings (SSSR count). The first kappa shape index (κ1) is 17.8. The summed E-state index contributed by atoms with van der Waals surface area (Å²) in [6.45, 7) is 1.69. The first-order valence-corrected chi connectivity index (χ1v) is 7.91. The Bertz CT molecular complexity index is 563. The van der Waals surface area contributed by atoms with Gasteiger partial charge in [-0.1, -0.05) is 30.9 Å². The van der Waals surface area contributed by atoms with Gasteiger partial charge in [0.1, 0.15) is 0 Å². The Morgan fingerprint density at radius 2 is 1.87 bits per heavy atom. The van der Waals surface area contributed by atoms with Crippen LogP contribution in [0.2, 0.25) is 0 Å². The zero-order valence-corrected chi connectivity index (χ0v) is 13.3. The molecule has 0 heterocycles. The number of nitrogens with one attached hydrogen (secondary N) is 1. The van der Waals surface area contributed by atoms with Crippen molar-refractivity contribution in [3.05, 3.63) is 34.9 Å². The molecule has 0 unspecified atom stereocenters. The van der Waals surface area contributed by atoms with Crippen molar-refractivity contribution in [1.82, 2.24) is 5.32 Å². The Morgan fingerprint density at radius 1 is 1.22 bits per heavy atom. The Kier molecular flexibility index (Phi) is 5.34. The van der Waals surface area contributed by atoms with Crippen LogP contribution in [-0.4, -0.2) is 11.4 Å². The number of amides is 1. The number of benzene rings is 1. The highest BCUT2D eigenvalue weighted by atomic mass is 19.4. The highest BCUT2D eigenvalue weighted by Crippen LogP contribution is 2.31. The number of rotatable bonds is 4. The van der Waals surface area contributed by atoms with E-state index in [2.05, 4.69) is 5.32 Å². The van der Waals surface area contributed by atoms with Crippen LogP contribution < -0.4 is 11.1 Å². The van der Waals surface area contributed by atoms with Gasteiger partial charge in [-0.25, -0.2) is 0 Å². The SMILES string of the molecule is Cc1cc(CNC(=O)CC2(N)CCCCC2)cc(C(F)(F)F)c1. The standard InChI is InChI=1S/C17H23F3N2O/c1-12-7-13(9-14(8-12)17(18,19)20)11-22-15(23)10-16(21)5-3-2-4-6-16/h7-9H,2-6,10-11,21H2,1H3,(H,22,23). The maximum atomic E-state index is 12.8. The molecule has 0 aromatic heterocycles. The average Bonchev–Trinajstić information content (AvgIpc) is 2.44. The summed E-state index contributed by atoms with van der Waals surface area (Å²) >= 11 is 0. The first-order valence-electron chi connectivity index (χ1n) is 7.91. The van der Waals surface area contributed by atoms with E-state index in [1.807, 2.05) is 0 Å². The van der Waals surface area contributed by atoms with Crippen molar-refractivity contribution in [1.29, 1.82) is 0 Å². The Balaban J connectivity index is 1.95. The van der Waals surface area contributed by atoms with Crippen LogP contribution in [0.5, 0.6) is 0 Å². The smallest absolute Gasteiger partial charge is 0.352 e. The molecule has 0 aliphatic heterocycles. The molecule has 23 heavy (non-hydrogen) atoms. The minimum Gasteiger partial charge on any atom is -0.352 e. The normalized spacial score (nSPS) is 17.8. The fraction of sp³-hybridized carbons (Fsp3) is 0.588. The summed E-state index contributed by atoms with van der Waals surface area (Å²) < 4.78 is 38.4. The van der Waals surface area contributed by atoms with Gasteiger partial charge in [-0.2, -0.15) is 13.2 Å². The van der Waals surface area contributed by atoms with Gasteiger partial charge in [-0.3, -0.25) is 4.79 Å². The summed E-state index contributed by atoms with van der Waals surface area (Å²) in [5.41, 5.74) is 6.03. The average molecular weight is 328 g/mol. The molecule has 1 aromatic carbocycles. The van der Waals surface area contributed by atoms with Gasteiger partial charge in [0.2, 0.25) is 5.91 Å². The molecular formula is C17H23F3N2O. The number of alkyl halides is 3. The lowest BCUT2D eigenvalue weighted by Crippen LogP contribution is -2.45. The molecule has 1 aliphatic rings. The molecule has 0 radical (unpaired) electrons. The van der Waals surface area contributed by atoms with Gasteiger partial charge in [0.25, 0.3) is 0 Å². The molecule has 0 atom stereocenters. The van der Waals surface area contributed by atoms with Crippen LogP contribution in [0.3, 0.4) is 0 Å². The molecule has 0 saturated heterocycles. The highest BCUT2D eigenvalue weighted by molar-refractivity contribution is 5.77. The van der Waals surface area contributed by atoms with E-state index in [4.69, 9.17) is 5.73 Å². The largest absolute Gasteiger partial charge is 0.416 e. The summed E-state index contributed by atoms with van der Waals surface area (Å²) in [4.78, 5) is 12.0. The number of carbonyl (C=O) groups is 1. The molecule has 3 nitrogen and oxygen atoms in total. The number of hydrogen-bond donors (Lipinski definition) is 2. The Morgan fingerprint density at radius 3 is 2.48 bits per heavy atom. The molecule has 1 amide bonds. The number of halogens is 3. The summed E-state index contributed by atoms with van der Waals surface area (Å²) in [5, 5.41) is 2.69. The van der Waals surface area contributed by atoms with Gasteiger partial charge in [0, 0.05) is 18.5 Å². The number of hydrogen-bond acceptors (Lipinski definition) is 2. The molecule has 1 fully saturated rings. The second-order valence-corrected chi connectivity index (χ2v) is 6.58. The molecule has 128 valence electrons. The van der Waals surface area contributed by atoms with E-state index in [9.17, 15) is 18.0 Å². The molecule has 3 N–H and O–H groups in total. The van der Waals surface area contributed by atoms with Crippen LogP contribution >= 0.6 is 0 Å². The van der Waals surface area contributed by atoms with Crippen molar-refractivity contribution in [3.8, 4) is 0 Å². The summed E-state index contributed by atoms with van der Waals surface area (Å²) in [6, 6.07) is 3.82. The van der Waals surface area contributed by atoms with E-state index in [1.54, 1.807) is 13.0 Å². The lowest BCUT2D eigenvalue weighted by molar-refractivity contribution is -0.137. The quantitative estimate of drug-likeness (QED) is 0.886. The molecule has 1 saturated carbocycles. The van der Waals surface area contributed by atoms with Gasteiger partial charge in [0.05, 0.1) is 5.56 Å². The number of carbonyl (C=O) groups excluding carboxylic acids is 1. The van der Waals surface area contributed by atoms with E-state index in [0.29, 0.717) is 11.1 Å². The van der Waals surface area contributed by atoms with Crippen molar-refractivity contribution in [2.75, 3.05) is 0 Å². The lowest BCUT2D eigenvalue weighted by Gasteiger charge is -2.32. The van der Waals surface area contributed by atoms with Crippen LogP contribution in [0.4, 0.5) is 13.2 Å². The molecule has 1 aromatic rings. The van der Waals surface area contributed by atoms with Gasteiger partial charge >= 0.3 is 6.18 Å². The Hall–Kier alpha value is -1.56. The fourth-order valence-electron chi connectivity index (χ4n) is 3.14. The summed E-state index contributed by atoms with van der Waals surface area (Å²) in [7, 11) is 0. The van der Waals surface area contributed by atoms with Crippen LogP contribution in [0, 0.1) is 6.92 Å². The lowest BCUT2D eigenvalue weighted by atomic mass is 9.80. The van der Waals surface area contributed by atoms with Crippen LogP contribution in [0.1, 0.15) is 55.2 Å². The van der Waals surface area contributed by atoms with Gasteiger partial charge in [-0.15, -0.1) is 0 Å². The molecule has 1 aliphatic carbocycles. The van der Waals surface area contributed by atoms with Crippen LogP contribution in [-0.2, 0) is 17.5 Å². The summed E-state index contributed by atoms with van der Waals surface area (Å²) in [5.74, 6) is -0.204. The second-order valence-electron chi connectivity index (χ2n) is 6.58. The monoisotopic (exact) mass is 328 g/mol. The molecule has 6 heteroatoms. The van der Waals surface area contributed by atoms with Gasteiger partial charge in [-0.05, 0) is 37.5 Å². The van der Waals surface area contributed by atoms with E-state index in [-0.39, 0.29) is 18.9 Å². The Labute approximate surface area is 134 Å². The zero-order valence-electron chi connectivity index (χ0n) is 13.3. The first-order chi connectivity index (χ1) is 10.7. The van der Waals surface area contributed by atoms with Crippen molar-refractivity contribution >= 4 is 5.91 Å². The van der Waals surface area contributed by atoms with E-state index in [1.165, 1.54) is 0 Å². The number of aryl methyl sites for hydroxylation is 1. The van der Waals surface area contributed by atoms with Crippen molar-refractivity contribution in [2.45, 2.75) is 63.7 Å². The third kappa shape index (κ3) is 5.23.